The molecule has 0 spiro atoms. The molecule has 4 rings (SSSR count). The zero-order valence-corrected chi connectivity index (χ0v) is 26.6. The maximum absolute atomic E-state index is 13.6. The normalized spacial score (nSPS) is 11.9. The number of hydrogen-bond donors (Lipinski definition) is 1. The summed E-state index contributed by atoms with van der Waals surface area (Å²) in [5.41, 5.74) is 3.61. The Kier molecular flexibility index (Phi) is 12.2. The summed E-state index contributed by atoms with van der Waals surface area (Å²) in [6, 6.07) is 14.8. The molecule has 11 nitrogen and oxygen atoms in total. The third-order valence-corrected chi connectivity index (χ3v) is 7.73. The molecule has 11 heteroatoms. The van der Waals surface area contributed by atoms with Gasteiger partial charge in [0.25, 0.3) is 0 Å². The van der Waals surface area contributed by atoms with E-state index < -0.39 is 17.8 Å². The number of aromatic nitrogens is 4. The monoisotopic (exact) mass is 617 g/mol. The van der Waals surface area contributed by atoms with E-state index in [9.17, 15) is 14.4 Å². The summed E-state index contributed by atoms with van der Waals surface area (Å²) < 4.78 is 16.1. The van der Waals surface area contributed by atoms with Crippen LogP contribution in [0.2, 0.25) is 0 Å². The number of aromatic amines is 1. The van der Waals surface area contributed by atoms with E-state index in [1.165, 1.54) is 0 Å². The van der Waals surface area contributed by atoms with Crippen molar-refractivity contribution >= 4 is 11.9 Å². The molecule has 0 fully saturated rings. The summed E-state index contributed by atoms with van der Waals surface area (Å²) >= 11 is 0. The van der Waals surface area contributed by atoms with Gasteiger partial charge in [-0.05, 0) is 40.7 Å². The fraction of sp³-hybridized carbons (Fsp3) is 0.471. The lowest BCUT2D eigenvalue weighted by Gasteiger charge is -2.33. The number of ether oxygens (including phenoxy) is 1. The van der Waals surface area contributed by atoms with Crippen molar-refractivity contribution in [2.45, 2.75) is 98.3 Å². The molecular formula is C34H43N5O6. The molecule has 0 radical (unpaired) electrons. The zero-order chi connectivity index (χ0) is 32.2. The van der Waals surface area contributed by atoms with E-state index in [4.69, 9.17) is 13.6 Å². The van der Waals surface area contributed by atoms with E-state index in [0.29, 0.717) is 30.8 Å². The minimum Gasteiger partial charge on any atom is -0.456 e. The van der Waals surface area contributed by atoms with Gasteiger partial charge in [-0.25, -0.2) is 9.59 Å². The quantitative estimate of drug-likeness (QED) is 0.104. The second kappa shape index (κ2) is 16.5. The summed E-state index contributed by atoms with van der Waals surface area (Å²) in [6.45, 7) is 7.93. The maximum Gasteiger partial charge on any atom is 0.519 e. The van der Waals surface area contributed by atoms with Gasteiger partial charge in [0.05, 0.1) is 0 Å². The maximum atomic E-state index is 13.6. The van der Waals surface area contributed by atoms with Crippen molar-refractivity contribution in [1.29, 1.82) is 0 Å². The van der Waals surface area contributed by atoms with Gasteiger partial charge < -0.3 is 18.5 Å². The highest BCUT2D eigenvalue weighted by atomic mass is 16.6. The summed E-state index contributed by atoms with van der Waals surface area (Å²) in [6.07, 6.45) is 6.43. The standard InChI is InChI=1S/C34H43N5O6/c1-5-7-9-10-15-28-29(45-34(42)44-28)22-43-33(41)31(23(3)4)39(30(40)16-8-6-2)21-24-17-19-25(20-18-24)26-13-11-12-14-27(26)32-35-37-38-36-32/h11-14,17-20,23,31H,5-10,15-16,21-22H2,1-4H3,(H,35,36,37,38). The number of carbonyl (C=O) groups is 2. The Balaban J connectivity index is 1.52. The molecule has 4 aromatic rings. The van der Waals surface area contributed by atoms with Crippen molar-refractivity contribution in [3.63, 3.8) is 0 Å². The number of benzene rings is 2. The van der Waals surface area contributed by atoms with Crippen molar-refractivity contribution in [3.8, 4) is 22.5 Å². The van der Waals surface area contributed by atoms with Crippen LogP contribution in [0.3, 0.4) is 0 Å². The predicted molar refractivity (Wildman–Crippen MR) is 169 cm³/mol. The Bertz CT molecular complexity index is 1560. The number of tetrazole rings is 1. The Labute approximate surface area is 263 Å². The van der Waals surface area contributed by atoms with Crippen molar-refractivity contribution in [2.75, 3.05) is 0 Å². The fourth-order valence-corrected chi connectivity index (χ4v) is 5.34. The lowest BCUT2D eigenvalue weighted by Crippen LogP contribution is -2.48. The highest BCUT2D eigenvalue weighted by molar-refractivity contribution is 5.85. The van der Waals surface area contributed by atoms with Crippen LogP contribution in [0, 0.1) is 5.92 Å². The molecule has 0 saturated carbocycles. The topological polar surface area (TPSA) is 144 Å². The van der Waals surface area contributed by atoms with E-state index in [-0.39, 0.29) is 30.7 Å². The van der Waals surface area contributed by atoms with E-state index in [1.54, 1.807) is 4.90 Å². The van der Waals surface area contributed by atoms with Crippen LogP contribution in [0.4, 0.5) is 0 Å². The molecule has 1 amide bonds. The molecule has 0 saturated heterocycles. The number of nitrogens with one attached hydrogen (secondary N) is 1. The van der Waals surface area contributed by atoms with Crippen molar-refractivity contribution in [2.24, 2.45) is 5.92 Å². The van der Waals surface area contributed by atoms with Gasteiger partial charge in [0, 0.05) is 24.9 Å². The van der Waals surface area contributed by atoms with Crippen molar-refractivity contribution in [3.05, 3.63) is 76.2 Å². The van der Waals surface area contributed by atoms with Crippen LogP contribution in [0.5, 0.6) is 0 Å². The van der Waals surface area contributed by atoms with E-state index >= 15 is 0 Å². The molecular weight excluding hydrogens is 574 g/mol. The molecule has 240 valence electrons. The molecule has 2 aromatic carbocycles. The van der Waals surface area contributed by atoms with E-state index in [2.05, 4.69) is 27.5 Å². The van der Waals surface area contributed by atoms with Gasteiger partial charge >= 0.3 is 11.8 Å². The Morgan fingerprint density at radius 2 is 1.62 bits per heavy atom. The largest absolute Gasteiger partial charge is 0.519 e. The van der Waals surface area contributed by atoms with E-state index in [1.807, 2.05) is 69.3 Å². The lowest BCUT2D eigenvalue weighted by molar-refractivity contribution is -0.159. The molecule has 2 heterocycles. The predicted octanol–water partition coefficient (Wildman–Crippen LogP) is 6.49. The van der Waals surface area contributed by atoms with Crippen LogP contribution in [0.1, 0.15) is 89.7 Å². The Hall–Kier alpha value is -4.54. The van der Waals surface area contributed by atoms with Crippen LogP contribution in [-0.4, -0.2) is 43.4 Å². The summed E-state index contributed by atoms with van der Waals surface area (Å²) in [7, 11) is 0. The number of unbranched alkanes of at least 4 members (excludes halogenated alkanes) is 4. The van der Waals surface area contributed by atoms with Crippen LogP contribution < -0.4 is 5.82 Å². The molecule has 1 atom stereocenters. The fourth-order valence-electron chi connectivity index (χ4n) is 5.34. The summed E-state index contributed by atoms with van der Waals surface area (Å²) in [5.74, 6) is -0.596. The van der Waals surface area contributed by atoms with Gasteiger partial charge in [0.1, 0.15) is 6.04 Å². The first-order valence-corrected chi connectivity index (χ1v) is 15.8. The summed E-state index contributed by atoms with van der Waals surface area (Å²) in [5, 5.41) is 14.4. The number of aryl methyl sites for hydroxylation is 1. The number of amides is 1. The molecule has 1 unspecified atom stereocenters. The first kappa shape index (κ1) is 33.4. The van der Waals surface area contributed by atoms with Crippen LogP contribution in [-0.2, 0) is 33.9 Å². The molecule has 0 aliphatic rings. The molecule has 0 aliphatic heterocycles. The molecule has 0 bridgehead atoms. The van der Waals surface area contributed by atoms with Crippen LogP contribution in [0.25, 0.3) is 22.5 Å². The molecule has 2 aromatic heterocycles. The van der Waals surface area contributed by atoms with Gasteiger partial charge in [-0.3, -0.25) is 4.79 Å². The minimum atomic E-state index is -0.834. The smallest absolute Gasteiger partial charge is 0.456 e. The Morgan fingerprint density at radius 1 is 0.911 bits per heavy atom. The van der Waals surface area contributed by atoms with Crippen molar-refractivity contribution in [1.82, 2.24) is 25.5 Å². The zero-order valence-electron chi connectivity index (χ0n) is 26.6. The lowest BCUT2D eigenvalue weighted by atomic mass is 9.97. The van der Waals surface area contributed by atoms with Gasteiger partial charge in [-0.15, -0.1) is 10.2 Å². The van der Waals surface area contributed by atoms with Gasteiger partial charge in [-0.1, -0.05) is 102 Å². The third-order valence-electron chi connectivity index (χ3n) is 7.73. The number of esters is 1. The van der Waals surface area contributed by atoms with Crippen molar-refractivity contribution < 1.29 is 23.2 Å². The highest BCUT2D eigenvalue weighted by Crippen LogP contribution is 2.30. The third kappa shape index (κ3) is 8.99. The van der Waals surface area contributed by atoms with Gasteiger partial charge in [0.15, 0.2) is 18.1 Å². The van der Waals surface area contributed by atoms with Crippen LogP contribution in [0.15, 0.2) is 62.2 Å². The van der Waals surface area contributed by atoms with Gasteiger partial charge in [-0.2, -0.15) is 5.21 Å². The van der Waals surface area contributed by atoms with E-state index in [0.717, 1.165) is 54.4 Å². The number of hydrogen-bond acceptors (Lipinski definition) is 9. The second-order valence-corrected chi connectivity index (χ2v) is 11.5. The SMILES string of the molecule is CCCCCCc1oc(=O)oc1COC(=O)C(C(C)C)N(Cc1ccc(-c2ccccc2-c2nn[nH]n2)cc1)C(=O)CCCC. The Morgan fingerprint density at radius 3 is 2.29 bits per heavy atom. The number of nitrogens with zero attached hydrogens (tertiary/aromatic N) is 4. The second-order valence-electron chi connectivity index (χ2n) is 11.5. The number of H-pyrrole nitrogens is 1. The average Bonchev–Trinajstić information content (AvgIpc) is 3.70. The summed E-state index contributed by atoms with van der Waals surface area (Å²) in [4.78, 5) is 40.6. The molecule has 0 aliphatic carbocycles. The molecule has 1 N–H and O–H groups in total. The first-order chi connectivity index (χ1) is 21.8. The number of carbonyl (C=O) groups excluding carboxylic acids is 2. The molecule has 45 heavy (non-hydrogen) atoms. The van der Waals surface area contributed by atoms with Crippen LogP contribution >= 0.6 is 0 Å². The highest BCUT2D eigenvalue weighted by Gasteiger charge is 2.34. The number of rotatable bonds is 17. The average molecular weight is 618 g/mol. The van der Waals surface area contributed by atoms with Gasteiger partial charge in [0.2, 0.25) is 11.7 Å². The first-order valence-electron chi connectivity index (χ1n) is 15.8. The minimum absolute atomic E-state index is 0.120.